The lowest BCUT2D eigenvalue weighted by Gasteiger charge is -2.36. The highest BCUT2D eigenvalue weighted by Crippen LogP contribution is 2.33. The zero-order chi connectivity index (χ0) is 19.4. The minimum Gasteiger partial charge on any atom is -0.354 e. The van der Waals surface area contributed by atoms with Crippen LogP contribution in [0.2, 0.25) is 0 Å². The second-order valence-electron chi connectivity index (χ2n) is 8.00. The maximum Gasteiger partial charge on any atom is 0.262 e. The van der Waals surface area contributed by atoms with Gasteiger partial charge in [0.05, 0.1) is 4.88 Å². The number of rotatable bonds is 7. The van der Waals surface area contributed by atoms with Gasteiger partial charge in [-0.3, -0.25) is 14.4 Å². The fourth-order valence-electron chi connectivity index (χ4n) is 3.47. The van der Waals surface area contributed by atoms with Gasteiger partial charge in [-0.25, -0.2) is 0 Å². The van der Waals surface area contributed by atoms with Crippen molar-refractivity contribution in [2.24, 2.45) is 17.8 Å². The fraction of sp³-hybridized carbons (Fsp3) is 0.650. The molecule has 3 amide bonds. The molecule has 2 heterocycles. The average Bonchev–Trinajstić information content (AvgIpc) is 3.37. The molecule has 0 unspecified atom stereocenters. The van der Waals surface area contributed by atoms with Gasteiger partial charge < -0.3 is 15.5 Å². The first-order chi connectivity index (χ1) is 13.0. The number of carbonyl (C=O) groups excluding carboxylic acids is 3. The summed E-state index contributed by atoms with van der Waals surface area (Å²) in [5.74, 6) is 0.554. The second kappa shape index (κ2) is 8.87. The first-order valence-corrected chi connectivity index (χ1v) is 10.7. The number of likely N-dealkylation sites (tertiary alicyclic amines) is 1. The minimum atomic E-state index is -0.559. The summed E-state index contributed by atoms with van der Waals surface area (Å²) in [4.78, 5) is 40.1. The van der Waals surface area contributed by atoms with Crippen LogP contribution in [0.5, 0.6) is 0 Å². The number of amides is 3. The number of piperidine rings is 1. The van der Waals surface area contributed by atoms with Crippen LogP contribution in [0.4, 0.5) is 0 Å². The Morgan fingerprint density at radius 3 is 2.44 bits per heavy atom. The highest BCUT2D eigenvalue weighted by atomic mass is 32.1. The van der Waals surface area contributed by atoms with Crippen molar-refractivity contribution in [3.63, 3.8) is 0 Å². The van der Waals surface area contributed by atoms with Gasteiger partial charge in [0.2, 0.25) is 11.8 Å². The molecule has 2 fully saturated rings. The van der Waals surface area contributed by atoms with Gasteiger partial charge in [-0.05, 0) is 49.0 Å². The summed E-state index contributed by atoms with van der Waals surface area (Å²) in [6.45, 7) is 6.01. The van der Waals surface area contributed by atoms with E-state index in [1.165, 1.54) is 11.3 Å². The minimum absolute atomic E-state index is 0.0457. The second-order valence-corrected chi connectivity index (χ2v) is 8.95. The average molecular weight is 392 g/mol. The van der Waals surface area contributed by atoms with E-state index < -0.39 is 6.04 Å². The van der Waals surface area contributed by atoms with Crippen molar-refractivity contribution >= 4 is 29.1 Å². The van der Waals surface area contributed by atoms with E-state index in [1.807, 2.05) is 30.2 Å². The predicted octanol–water partition coefficient (Wildman–Crippen LogP) is 2.27. The van der Waals surface area contributed by atoms with Gasteiger partial charge in [0, 0.05) is 25.6 Å². The van der Waals surface area contributed by atoms with Crippen LogP contribution >= 0.6 is 11.3 Å². The quantitative estimate of drug-likeness (QED) is 0.748. The molecule has 27 heavy (non-hydrogen) atoms. The third-order valence-electron chi connectivity index (χ3n) is 5.25. The number of hydrogen-bond donors (Lipinski definition) is 2. The summed E-state index contributed by atoms with van der Waals surface area (Å²) in [7, 11) is 0. The monoisotopic (exact) mass is 391 g/mol. The maximum atomic E-state index is 12.8. The molecule has 7 heteroatoms. The fourth-order valence-corrected chi connectivity index (χ4v) is 4.10. The van der Waals surface area contributed by atoms with E-state index in [1.54, 1.807) is 6.07 Å². The maximum absolute atomic E-state index is 12.8. The van der Waals surface area contributed by atoms with Crippen LogP contribution < -0.4 is 10.6 Å². The zero-order valence-electron chi connectivity index (χ0n) is 16.1. The van der Waals surface area contributed by atoms with Gasteiger partial charge in [-0.15, -0.1) is 11.3 Å². The largest absolute Gasteiger partial charge is 0.354 e. The van der Waals surface area contributed by atoms with E-state index in [2.05, 4.69) is 10.6 Å². The summed E-state index contributed by atoms with van der Waals surface area (Å²) in [6, 6.07) is 3.03. The molecule has 1 aromatic heterocycles. The molecule has 0 spiro atoms. The Morgan fingerprint density at radius 2 is 1.89 bits per heavy atom. The van der Waals surface area contributed by atoms with Crippen LogP contribution in [-0.2, 0) is 9.59 Å². The Bertz CT molecular complexity index is 662. The smallest absolute Gasteiger partial charge is 0.262 e. The lowest BCUT2D eigenvalue weighted by Crippen LogP contribution is -2.54. The van der Waals surface area contributed by atoms with Crippen LogP contribution in [-0.4, -0.2) is 48.3 Å². The summed E-state index contributed by atoms with van der Waals surface area (Å²) < 4.78 is 0. The Morgan fingerprint density at radius 1 is 1.19 bits per heavy atom. The van der Waals surface area contributed by atoms with E-state index in [0.29, 0.717) is 30.4 Å². The highest BCUT2D eigenvalue weighted by Gasteiger charge is 2.38. The number of nitrogens with one attached hydrogen (secondary N) is 2. The molecule has 3 rings (SSSR count). The highest BCUT2D eigenvalue weighted by molar-refractivity contribution is 7.12. The third kappa shape index (κ3) is 5.31. The van der Waals surface area contributed by atoms with Crippen LogP contribution in [0.15, 0.2) is 17.5 Å². The van der Waals surface area contributed by atoms with Gasteiger partial charge in [0.15, 0.2) is 0 Å². The van der Waals surface area contributed by atoms with E-state index in [4.69, 9.17) is 0 Å². The molecular formula is C20H29N3O3S. The lowest BCUT2D eigenvalue weighted by molar-refractivity contribution is -0.134. The van der Waals surface area contributed by atoms with Gasteiger partial charge >= 0.3 is 0 Å². The lowest BCUT2D eigenvalue weighted by atomic mass is 9.88. The molecule has 2 aliphatic rings. The molecule has 1 atom stereocenters. The number of thiophene rings is 1. The van der Waals surface area contributed by atoms with Crippen LogP contribution in [0, 0.1) is 17.8 Å². The summed E-state index contributed by atoms with van der Waals surface area (Å²) in [6.07, 6.45) is 3.50. The summed E-state index contributed by atoms with van der Waals surface area (Å²) in [5.41, 5.74) is 0. The van der Waals surface area contributed by atoms with Gasteiger partial charge in [-0.2, -0.15) is 0 Å². The van der Waals surface area contributed by atoms with Gasteiger partial charge in [0.1, 0.15) is 6.04 Å². The summed E-state index contributed by atoms with van der Waals surface area (Å²) in [5, 5.41) is 7.76. The molecule has 0 aromatic carbocycles. The van der Waals surface area contributed by atoms with Crippen molar-refractivity contribution in [1.29, 1.82) is 0 Å². The molecule has 1 aliphatic heterocycles. The SMILES string of the molecule is CC(C)CNC(=O)[C@H](NC(=O)c1cccs1)C1CCN(C(=O)C2CC2)CC1. The van der Waals surface area contributed by atoms with E-state index in [-0.39, 0.29) is 29.6 Å². The number of nitrogens with zero attached hydrogens (tertiary/aromatic N) is 1. The molecule has 6 nitrogen and oxygen atoms in total. The molecule has 148 valence electrons. The zero-order valence-corrected chi connectivity index (χ0v) is 16.9. The topological polar surface area (TPSA) is 78.5 Å². The Balaban J connectivity index is 1.62. The van der Waals surface area contributed by atoms with Crippen LogP contribution in [0.3, 0.4) is 0 Å². The van der Waals surface area contributed by atoms with Crippen molar-refractivity contribution in [1.82, 2.24) is 15.5 Å². The van der Waals surface area contributed by atoms with Crippen molar-refractivity contribution in [3.8, 4) is 0 Å². The van der Waals surface area contributed by atoms with Crippen LogP contribution in [0.25, 0.3) is 0 Å². The first kappa shape index (κ1) is 19.9. The molecule has 2 N–H and O–H groups in total. The van der Waals surface area contributed by atoms with Gasteiger partial charge in [0.25, 0.3) is 5.91 Å². The number of carbonyl (C=O) groups is 3. The van der Waals surface area contributed by atoms with E-state index in [0.717, 1.165) is 25.7 Å². The molecule has 0 radical (unpaired) electrons. The van der Waals surface area contributed by atoms with E-state index in [9.17, 15) is 14.4 Å². The van der Waals surface area contributed by atoms with E-state index >= 15 is 0 Å². The van der Waals surface area contributed by atoms with Crippen molar-refractivity contribution in [2.75, 3.05) is 19.6 Å². The molecule has 1 saturated carbocycles. The molecule has 1 aliphatic carbocycles. The van der Waals surface area contributed by atoms with Crippen LogP contribution in [0.1, 0.15) is 49.2 Å². The normalized spacial score (nSPS) is 19.0. The Kier molecular flexibility index (Phi) is 6.52. The van der Waals surface area contributed by atoms with Crippen molar-refractivity contribution in [3.05, 3.63) is 22.4 Å². The number of hydrogen-bond acceptors (Lipinski definition) is 4. The molecule has 1 aromatic rings. The van der Waals surface area contributed by atoms with Crippen molar-refractivity contribution in [2.45, 2.75) is 45.6 Å². The third-order valence-corrected chi connectivity index (χ3v) is 6.12. The standard InChI is InChI=1S/C20H29N3O3S/c1-13(2)12-21-19(25)17(22-18(24)16-4-3-11-27-16)14-7-9-23(10-8-14)20(26)15-5-6-15/h3-4,11,13-15,17H,5-10,12H2,1-2H3,(H,21,25)(H,22,24)/t17-/m1/s1. The molecular weight excluding hydrogens is 362 g/mol. The molecule has 1 saturated heterocycles. The predicted molar refractivity (Wildman–Crippen MR) is 105 cm³/mol. The Labute approximate surface area is 164 Å². The van der Waals surface area contributed by atoms with Gasteiger partial charge in [-0.1, -0.05) is 19.9 Å². The summed E-state index contributed by atoms with van der Waals surface area (Å²) >= 11 is 1.37. The first-order valence-electron chi connectivity index (χ1n) is 9.86. The Hall–Kier alpha value is -1.89. The van der Waals surface area contributed by atoms with Crippen molar-refractivity contribution < 1.29 is 14.4 Å². The molecule has 0 bridgehead atoms.